The lowest BCUT2D eigenvalue weighted by Crippen LogP contribution is -1.66. The second kappa shape index (κ2) is 9.06. The van der Waals surface area contributed by atoms with Gasteiger partial charge in [-0.15, -0.1) is 23.2 Å². The van der Waals surface area contributed by atoms with E-state index in [9.17, 15) is 0 Å². The molecule has 0 bridgehead atoms. The first-order chi connectivity index (χ1) is 4.91. The van der Waals surface area contributed by atoms with Gasteiger partial charge in [0.25, 0.3) is 0 Å². The van der Waals surface area contributed by atoms with Gasteiger partial charge in [-0.05, 0) is 12.8 Å². The summed E-state index contributed by atoms with van der Waals surface area (Å²) in [6.45, 7) is 0. The maximum atomic E-state index is 5.45. The van der Waals surface area contributed by atoms with E-state index in [4.69, 9.17) is 23.2 Å². The molecule has 0 spiro atoms. The lowest BCUT2D eigenvalue weighted by Gasteiger charge is -1.80. The first-order valence-electron chi connectivity index (χ1n) is 3.35. The van der Waals surface area contributed by atoms with E-state index >= 15 is 0 Å². The van der Waals surface area contributed by atoms with Gasteiger partial charge in [-0.2, -0.15) is 0 Å². The monoisotopic (exact) mass is 178 g/mol. The Morgan fingerprint density at radius 3 is 1.50 bits per heavy atom. The van der Waals surface area contributed by atoms with Gasteiger partial charge >= 0.3 is 0 Å². The molecule has 0 aliphatic rings. The average molecular weight is 179 g/mol. The molecule has 58 valence electrons. The summed E-state index contributed by atoms with van der Waals surface area (Å²) in [7, 11) is 0. The highest BCUT2D eigenvalue weighted by Crippen LogP contribution is 1.90. The quantitative estimate of drug-likeness (QED) is 0.448. The number of alkyl halides is 2. The maximum Gasteiger partial charge on any atom is 0.0258 e. The number of rotatable bonds is 5. The Hall–Kier alpha value is 0.0600. The third-order valence-electron chi connectivity index (χ3n) is 0.935. The lowest BCUT2D eigenvalue weighted by atomic mass is 10.3. The van der Waals surface area contributed by atoms with E-state index in [-0.39, 0.29) is 0 Å². The highest BCUT2D eigenvalue weighted by Gasteiger charge is 1.72. The minimum Gasteiger partial charge on any atom is -0.126 e. The second-order valence-electron chi connectivity index (χ2n) is 1.81. The van der Waals surface area contributed by atoms with Crippen LogP contribution in [0.4, 0.5) is 0 Å². The molecule has 0 amide bonds. The van der Waals surface area contributed by atoms with E-state index < -0.39 is 0 Å². The van der Waals surface area contributed by atoms with Gasteiger partial charge in [0.05, 0.1) is 0 Å². The molecule has 0 aromatic carbocycles. The Morgan fingerprint density at radius 2 is 1.20 bits per heavy atom. The summed E-state index contributed by atoms with van der Waals surface area (Å²) in [5.41, 5.74) is 0. The van der Waals surface area contributed by atoms with Gasteiger partial charge in [0.15, 0.2) is 0 Å². The van der Waals surface area contributed by atoms with Crippen LogP contribution in [0.25, 0.3) is 0 Å². The van der Waals surface area contributed by atoms with Crippen molar-refractivity contribution >= 4 is 23.2 Å². The van der Waals surface area contributed by atoms with Crippen molar-refractivity contribution in [3.05, 3.63) is 24.3 Å². The summed E-state index contributed by atoms with van der Waals surface area (Å²) in [4.78, 5) is 0. The molecule has 0 aliphatic carbocycles. The van der Waals surface area contributed by atoms with Crippen LogP contribution in [0.15, 0.2) is 24.3 Å². The van der Waals surface area contributed by atoms with Crippen molar-refractivity contribution in [2.45, 2.75) is 12.8 Å². The molecule has 0 rings (SSSR count). The Labute approximate surface area is 72.5 Å². The molecule has 0 radical (unpaired) electrons. The summed E-state index contributed by atoms with van der Waals surface area (Å²) in [6.07, 6.45) is 9.94. The Bertz CT molecular complexity index is 91.8. The zero-order chi connectivity index (χ0) is 7.66. The summed E-state index contributed by atoms with van der Waals surface area (Å²) < 4.78 is 0. The highest BCUT2D eigenvalue weighted by molar-refractivity contribution is 6.18. The molecule has 0 unspecified atom stereocenters. The standard InChI is InChI=1S/C8H12Cl2/c9-7-5-3-1-2-4-6-8-10/h1-4H,5-8H2/b3-1+,4-2+. The van der Waals surface area contributed by atoms with Gasteiger partial charge in [-0.1, -0.05) is 24.3 Å². The van der Waals surface area contributed by atoms with E-state index in [1.54, 1.807) is 0 Å². The molecule has 0 aliphatic heterocycles. The molecule has 0 N–H and O–H groups in total. The molecule has 0 saturated carbocycles. The average Bonchev–Trinajstić information content (AvgIpc) is 1.97. The van der Waals surface area contributed by atoms with E-state index in [0.717, 1.165) is 12.8 Å². The molecule has 0 saturated heterocycles. The van der Waals surface area contributed by atoms with E-state index in [1.807, 2.05) is 24.3 Å². The largest absolute Gasteiger partial charge is 0.126 e. The molecule has 0 nitrogen and oxygen atoms in total. The Kier molecular flexibility index (Phi) is 9.11. The van der Waals surface area contributed by atoms with Crippen molar-refractivity contribution in [1.82, 2.24) is 0 Å². The molecule has 0 heterocycles. The third kappa shape index (κ3) is 8.06. The first kappa shape index (κ1) is 10.1. The molecule has 10 heavy (non-hydrogen) atoms. The lowest BCUT2D eigenvalue weighted by molar-refractivity contribution is 1.22. The Balaban J connectivity index is 3.15. The summed E-state index contributed by atoms with van der Waals surface area (Å²) in [5.74, 6) is 1.39. The predicted octanol–water partition coefficient (Wildman–Crippen LogP) is 3.36. The maximum absolute atomic E-state index is 5.45. The van der Waals surface area contributed by atoms with Gasteiger partial charge in [-0.3, -0.25) is 0 Å². The molecule has 0 aromatic heterocycles. The van der Waals surface area contributed by atoms with E-state index in [1.165, 1.54) is 0 Å². The van der Waals surface area contributed by atoms with Gasteiger partial charge in [-0.25, -0.2) is 0 Å². The van der Waals surface area contributed by atoms with Crippen molar-refractivity contribution in [1.29, 1.82) is 0 Å². The van der Waals surface area contributed by atoms with Gasteiger partial charge < -0.3 is 0 Å². The van der Waals surface area contributed by atoms with Crippen molar-refractivity contribution in [3.8, 4) is 0 Å². The molecule has 0 fully saturated rings. The zero-order valence-corrected chi connectivity index (χ0v) is 7.41. The number of hydrogen-bond donors (Lipinski definition) is 0. The van der Waals surface area contributed by atoms with Crippen LogP contribution in [0.2, 0.25) is 0 Å². The molecule has 0 aromatic rings. The second-order valence-corrected chi connectivity index (χ2v) is 2.57. The van der Waals surface area contributed by atoms with Crippen LogP contribution in [0.1, 0.15) is 12.8 Å². The van der Waals surface area contributed by atoms with E-state index in [2.05, 4.69) is 0 Å². The van der Waals surface area contributed by atoms with Gasteiger partial charge in [0, 0.05) is 11.8 Å². The fraction of sp³-hybridized carbons (Fsp3) is 0.500. The Morgan fingerprint density at radius 1 is 0.800 bits per heavy atom. The van der Waals surface area contributed by atoms with Crippen LogP contribution in [-0.4, -0.2) is 11.8 Å². The normalized spacial score (nSPS) is 11.8. The molecular weight excluding hydrogens is 167 g/mol. The third-order valence-corrected chi connectivity index (χ3v) is 1.37. The molecule has 2 heteroatoms. The SMILES string of the molecule is ClCC/C=C/C=C/CCCl. The number of hydrogen-bond acceptors (Lipinski definition) is 0. The van der Waals surface area contributed by atoms with Crippen molar-refractivity contribution < 1.29 is 0 Å². The first-order valence-corrected chi connectivity index (χ1v) is 4.42. The van der Waals surface area contributed by atoms with Crippen LogP contribution in [0, 0.1) is 0 Å². The smallest absolute Gasteiger partial charge is 0.0258 e. The van der Waals surface area contributed by atoms with Crippen LogP contribution in [-0.2, 0) is 0 Å². The summed E-state index contributed by atoms with van der Waals surface area (Å²) >= 11 is 10.9. The fourth-order valence-corrected chi connectivity index (χ4v) is 0.728. The molecular formula is C8H12Cl2. The van der Waals surface area contributed by atoms with Crippen LogP contribution in [0.5, 0.6) is 0 Å². The number of halogens is 2. The van der Waals surface area contributed by atoms with Gasteiger partial charge in [0.1, 0.15) is 0 Å². The van der Waals surface area contributed by atoms with Crippen LogP contribution >= 0.6 is 23.2 Å². The number of allylic oxidation sites excluding steroid dienone is 4. The predicted molar refractivity (Wildman–Crippen MR) is 49.0 cm³/mol. The van der Waals surface area contributed by atoms with E-state index in [0.29, 0.717) is 11.8 Å². The van der Waals surface area contributed by atoms with Crippen molar-refractivity contribution in [2.75, 3.05) is 11.8 Å². The molecule has 0 atom stereocenters. The fourth-order valence-electron chi connectivity index (χ4n) is 0.476. The zero-order valence-electron chi connectivity index (χ0n) is 5.89. The van der Waals surface area contributed by atoms with Gasteiger partial charge in [0.2, 0.25) is 0 Å². The minimum atomic E-state index is 0.694. The minimum absolute atomic E-state index is 0.694. The summed E-state index contributed by atoms with van der Waals surface area (Å²) in [5, 5.41) is 0. The summed E-state index contributed by atoms with van der Waals surface area (Å²) in [6, 6.07) is 0. The van der Waals surface area contributed by atoms with Crippen molar-refractivity contribution in [3.63, 3.8) is 0 Å². The highest BCUT2D eigenvalue weighted by atomic mass is 35.5. The van der Waals surface area contributed by atoms with Crippen molar-refractivity contribution in [2.24, 2.45) is 0 Å². The topological polar surface area (TPSA) is 0 Å². The van der Waals surface area contributed by atoms with Crippen LogP contribution in [0.3, 0.4) is 0 Å². The van der Waals surface area contributed by atoms with Crippen LogP contribution < -0.4 is 0 Å².